The number of anilines is 1. The van der Waals surface area contributed by atoms with E-state index in [-0.39, 0.29) is 35.1 Å². The van der Waals surface area contributed by atoms with Crippen LogP contribution in [0.2, 0.25) is 0 Å². The van der Waals surface area contributed by atoms with E-state index in [1.807, 2.05) is 13.8 Å². The van der Waals surface area contributed by atoms with Gasteiger partial charge in [-0.25, -0.2) is 0 Å². The van der Waals surface area contributed by atoms with Gasteiger partial charge in [-0.2, -0.15) is 0 Å². The normalized spacial score (nSPS) is 14.4. The van der Waals surface area contributed by atoms with Crippen LogP contribution < -0.4 is 10.1 Å². The van der Waals surface area contributed by atoms with Crippen molar-refractivity contribution in [2.24, 2.45) is 5.92 Å². The minimum Gasteiger partial charge on any atom is -0.406 e. The predicted octanol–water partition coefficient (Wildman–Crippen LogP) is 4.34. The van der Waals surface area contributed by atoms with Crippen LogP contribution in [0.3, 0.4) is 0 Å². The molecule has 168 valence electrons. The van der Waals surface area contributed by atoms with Crippen molar-refractivity contribution in [2.75, 3.05) is 11.9 Å². The maximum Gasteiger partial charge on any atom is 0.573 e. The average Bonchev–Trinajstić information content (AvgIpc) is 2.92. The minimum atomic E-state index is -4.84. The van der Waals surface area contributed by atoms with Crippen LogP contribution in [0.25, 0.3) is 5.57 Å². The second-order valence-electron chi connectivity index (χ2n) is 7.37. The summed E-state index contributed by atoms with van der Waals surface area (Å²) in [5, 5.41) is 13.7. The lowest BCUT2D eigenvalue weighted by Crippen LogP contribution is -2.35. The number of nitrogens with one attached hydrogen (secondary N) is 1. The van der Waals surface area contributed by atoms with Crippen molar-refractivity contribution in [3.05, 3.63) is 69.9 Å². The third kappa shape index (κ3) is 5.05. The molecule has 0 atom stereocenters. The van der Waals surface area contributed by atoms with Crippen LogP contribution in [-0.4, -0.2) is 34.5 Å². The Morgan fingerprint density at radius 2 is 1.62 bits per heavy atom. The van der Waals surface area contributed by atoms with Gasteiger partial charge in [0.1, 0.15) is 11.4 Å². The number of halogens is 3. The van der Waals surface area contributed by atoms with Crippen LogP contribution >= 0.6 is 0 Å². The van der Waals surface area contributed by atoms with Crippen molar-refractivity contribution in [3.8, 4) is 5.75 Å². The number of nitro groups is 1. The predicted molar refractivity (Wildman–Crippen MR) is 108 cm³/mol. The molecule has 0 unspecified atom stereocenters. The number of ether oxygens (including phenoxy) is 1. The van der Waals surface area contributed by atoms with E-state index in [9.17, 15) is 32.9 Å². The Labute approximate surface area is 180 Å². The first kappa shape index (κ1) is 22.8. The number of carbonyl (C=O) groups is 2. The van der Waals surface area contributed by atoms with Gasteiger partial charge < -0.3 is 10.1 Å². The zero-order valence-electron chi connectivity index (χ0n) is 17.0. The van der Waals surface area contributed by atoms with Gasteiger partial charge in [-0.1, -0.05) is 13.8 Å². The summed E-state index contributed by atoms with van der Waals surface area (Å²) in [5.74, 6) is -1.63. The molecule has 11 heteroatoms. The molecule has 3 rings (SSSR count). The van der Waals surface area contributed by atoms with E-state index >= 15 is 0 Å². The van der Waals surface area contributed by atoms with E-state index in [4.69, 9.17) is 0 Å². The van der Waals surface area contributed by atoms with Gasteiger partial charge >= 0.3 is 6.36 Å². The Morgan fingerprint density at radius 1 is 1.03 bits per heavy atom. The summed E-state index contributed by atoms with van der Waals surface area (Å²) in [6.07, 6.45) is -4.84. The van der Waals surface area contributed by atoms with Crippen LogP contribution in [0.1, 0.15) is 19.4 Å². The highest BCUT2D eigenvalue weighted by molar-refractivity contribution is 6.36. The van der Waals surface area contributed by atoms with Gasteiger partial charge in [-0.15, -0.1) is 13.2 Å². The lowest BCUT2D eigenvalue weighted by molar-refractivity contribution is -0.384. The van der Waals surface area contributed by atoms with E-state index < -0.39 is 28.8 Å². The number of non-ortho nitro benzene ring substituents is 1. The first-order chi connectivity index (χ1) is 15.0. The van der Waals surface area contributed by atoms with Crippen molar-refractivity contribution in [3.63, 3.8) is 0 Å². The molecule has 2 aromatic rings. The van der Waals surface area contributed by atoms with Gasteiger partial charge in [-0.3, -0.25) is 24.6 Å². The molecule has 0 aromatic heterocycles. The molecule has 0 spiro atoms. The largest absolute Gasteiger partial charge is 0.573 e. The number of nitrogens with zero attached hydrogens (tertiary/aromatic N) is 2. The van der Waals surface area contributed by atoms with Crippen molar-refractivity contribution >= 4 is 28.8 Å². The molecule has 0 saturated heterocycles. The molecule has 32 heavy (non-hydrogen) atoms. The van der Waals surface area contributed by atoms with Gasteiger partial charge in [0.15, 0.2) is 0 Å². The van der Waals surface area contributed by atoms with Crippen LogP contribution in [0.15, 0.2) is 54.2 Å². The molecular formula is C21H18F3N3O5. The third-order valence-corrected chi connectivity index (χ3v) is 4.44. The maximum absolute atomic E-state index is 13.0. The molecule has 1 heterocycles. The van der Waals surface area contributed by atoms with Crippen molar-refractivity contribution in [2.45, 2.75) is 20.2 Å². The number of nitro benzene ring substituents is 1. The molecule has 0 saturated carbocycles. The quantitative estimate of drug-likeness (QED) is 0.383. The Hall–Kier alpha value is -3.89. The zero-order chi connectivity index (χ0) is 23.6. The number of carbonyl (C=O) groups excluding carboxylic acids is 2. The summed E-state index contributed by atoms with van der Waals surface area (Å²) in [7, 11) is 0. The number of rotatable bonds is 7. The standard InChI is InChI=1S/C21H18F3N3O5/c1-12(2)11-26-19(28)17(13-3-7-15(8-4-13)27(30)31)18(20(26)29)25-14-5-9-16(10-6-14)32-21(22,23)24/h3-10,12,25H,11H2,1-2H3. The Balaban J connectivity index is 1.97. The van der Waals surface area contributed by atoms with E-state index in [2.05, 4.69) is 10.1 Å². The smallest absolute Gasteiger partial charge is 0.406 e. The molecule has 1 aliphatic heterocycles. The van der Waals surface area contributed by atoms with Gasteiger partial charge in [0.2, 0.25) is 0 Å². The SMILES string of the molecule is CC(C)CN1C(=O)C(Nc2ccc(OC(F)(F)F)cc2)=C(c2ccc([N+](=O)[O-])cc2)C1=O. The highest BCUT2D eigenvalue weighted by Gasteiger charge is 2.39. The lowest BCUT2D eigenvalue weighted by Gasteiger charge is -2.17. The van der Waals surface area contributed by atoms with E-state index in [0.29, 0.717) is 5.56 Å². The maximum atomic E-state index is 13.0. The monoisotopic (exact) mass is 449 g/mol. The van der Waals surface area contributed by atoms with Crippen LogP contribution in [-0.2, 0) is 9.59 Å². The Morgan fingerprint density at radius 3 is 2.12 bits per heavy atom. The number of alkyl halides is 3. The fourth-order valence-electron chi connectivity index (χ4n) is 3.12. The van der Waals surface area contributed by atoms with E-state index in [1.165, 1.54) is 36.4 Å². The summed E-state index contributed by atoms with van der Waals surface area (Å²) >= 11 is 0. The average molecular weight is 449 g/mol. The molecule has 0 radical (unpaired) electrons. The molecule has 1 aliphatic rings. The Kier molecular flexibility index (Phi) is 6.19. The second kappa shape index (κ2) is 8.69. The zero-order valence-corrected chi connectivity index (χ0v) is 17.0. The summed E-state index contributed by atoms with van der Waals surface area (Å²) in [6.45, 7) is 3.81. The van der Waals surface area contributed by atoms with Gasteiger partial charge in [0.25, 0.3) is 17.5 Å². The first-order valence-corrected chi connectivity index (χ1v) is 9.44. The van der Waals surface area contributed by atoms with Crippen molar-refractivity contribution in [1.29, 1.82) is 0 Å². The van der Waals surface area contributed by atoms with Crippen LogP contribution in [0.5, 0.6) is 5.75 Å². The molecule has 2 amide bonds. The molecular weight excluding hydrogens is 431 g/mol. The van der Waals surface area contributed by atoms with Gasteiger partial charge in [0.05, 0.1) is 10.5 Å². The minimum absolute atomic E-state index is 0.0147. The van der Waals surface area contributed by atoms with Gasteiger partial charge in [-0.05, 0) is 47.9 Å². The fourth-order valence-corrected chi connectivity index (χ4v) is 3.12. The summed E-state index contributed by atoms with van der Waals surface area (Å²) in [6, 6.07) is 9.82. The van der Waals surface area contributed by atoms with Crippen molar-refractivity contribution < 1.29 is 32.4 Å². The number of hydrogen-bond donors (Lipinski definition) is 1. The molecule has 0 bridgehead atoms. The molecule has 0 fully saturated rings. The first-order valence-electron chi connectivity index (χ1n) is 9.44. The summed E-state index contributed by atoms with van der Waals surface area (Å²) in [5.41, 5.74) is 0.302. The number of imide groups is 1. The summed E-state index contributed by atoms with van der Waals surface area (Å²) in [4.78, 5) is 37.4. The van der Waals surface area contributed by atoms with Crippen LogP contribution in [0.4, 0.5) is 24.5 Å². The molecule has 0 aliphatic carbocycles. The second-order valence-corrected chi connectivity index (χ2v) is 7.37. The molecule has 1 N–H and O–H groups in total. The number of hydrogen-bond acceptors (Lipinski definition) is 6. The van der Waals surface area contributed by atoms with E-state index in [0.717, 1.165) is 17.0 Å². The van der Waals surface area contributed by atoms with Crippen LogP contribution in [0, 0.1) is 16.0 Å². The fraction of sp³-hybridized carbons (Fsp3) is 0.238. The molecule has 8 nitrogen and oxygen atoms in total. The van der Waals surface area contributed by atoms with Gasteiger partial charge in [0, 0.05) is 24.4 Å². The highest BCUT2D eigenvalue weighted by Crippen LogP contribution is 2.32. The lowest BCUT2D eigenvalue weighted by atomic mass is 10.0. The number of benzene rings is 2. The Bertz CT molecular complexity index is 1080. The van der Waals surface area contributed by atoms with E-state index in [1.54, 1.807) is 0 Å². The topological polar surface area (TPSA) is 102 Å². The molecule has 2 aromatic carbocycles. The summed E-state index contributed by atoms with van der Waals surface area (Å²) < 4.78 is 40.9. The highest BCUT2D eigenvalue weighted by atomic mass is 19.4. The number of amides is 2. The third-order valence-electron chi connectivity index (χ3n) is 4.44. The van der Waals surface area contributed by atoms with Crippen molar-refractivity contribution in [1.82, 2.24) is 4.90 Å².